The number of rotatable bonds is 2. The molecule has 0 N–H and O–H groups in total. The highest BCUT2D eigenvalue weighted by Crippen LogP contribution is 2.65. The lowest BCUT2D eigenvalue weighted by molar-refractivity contribution is 0.595. The third kappa shape index (κ3) is 3.63. The normalized spacial score (nSPS) is 18.7. The van der Waals surface area contributed by atoms with Crippen LogP contribution in [-0.4, -0.2) is 8.42 Å². The molecule has 4 aliphatic carbocycles. The minimum absolute atomic E-state index is 0.310. The third-order valence-corrected chi connectivity index (χ3v) is 14.8. The second kappa shape index (κ2) is 10.5. The molecule has 12 rings (SSSR count). The second-order valence-electron chi connectivity index (χ2n) is 15.7. The van der Waals surface area contributed by atoms with E-state index in [1.807, 2.05) is 36.4 Å². The van der Waals surface area contributed by atoms with Crippen LogP contribution in [0.15, 0.2) is 180 Å². The van der Waals surface area contributed by atoms with Crippen LogP contribution in [0.1, 0.15) is 55.6 Å². The van der Waals surface area contributed by atoms with E-state index < -0.39 is 20.7 Å². The predicted molar refractivity (Wildman–Crippen MR) is 220 cm³/mol. The topological polar surface area (TPSA) is 34.1 Å². The lowest BCUT2D eigenvalue weighted by Crippen LogP contribution is -2.26. The summed E-state index contributed by atoms with van der Waals surface area (Å²) in [7, 11) is -3.98. The minimum atomic E-state index is -3.98. The lowest BCUT2D eigenvalue weighted by atomic mass is 9.70. The zero-order valence-corrected chi connectivity index (χ0v) is 31.2. The Morgan fingerprint density at radius 1 is 0.309 bits per heavy atom. The summed E-state index contributed by atoms with van der Waals surface area (Å²) < 4.78 is 30.6. The van der Waals surface area contributed by atoms with Crippen LogP contribution >= 0.6 is 0 Å². The van der Waals surface area contributed by atoms with Crippen LogP contribution in [0.25, 0.3) is 44.5 Å². The Morgan fingerprint density at radius 2 is 0.582 bits per heavy atom. The van der Waals surface area contributed by atoms with Gasteiger partial charge in [0.2, 0.25) is 9.84 Å². The Labute approximate surface area is 321 Å². The van der Waals surface area contributed by atoms with Gasteiger partial charge in [-0.3, -0.25) is 0 Å². The van der Waals surface area contributed by atoms with Crippen molar-refractivity contribution in [1.29, 1.82) is 0 Å². The number of benzene rings is 8. The van der Waals surface area contributed by atoms with E-state index in [9.17, 15) is 0 Å². The SMILES string of the molecule is Cc1ccc2c(c1)C1(c3ccccc3-2)c2ccccc2-c2ccc(S(=O)(=O)c3ccc4c(c3)C3(c5ccccc5-c5ccc(C)cc53)c3ccccc3-4)cc21. The first-order valence-corrected chi connectivity index (χ1v) is 20.5. The van der Waals surface area contributed by atoms with E-state index in [1.54, 1.807) is 0 Å². The molecule has 0 bridgehead atoms. The van der Waals surface area contributed by atoms with Gasteiger partial charge >= 0.3 is 0 Å². The van der Waals surface area contributed by atoms with Gasteiger partial charge in [0.15, 0.2) is 0 Å². The van der Waals surface area contributed by atoms with Crippen molar-refractivity contribution >= 4 is 9.84 Å². The quantitative estimate of drug-likeness (QED) is 0.178. The Morgan fingerprint density at radius 3 is 0.927 bits per heavy atom. The average molecular weight is 723 g/mol. The molecule has 8 aromatic carbocycles. The largest absolute Gasteiger partial charge is 0.219 e. The van der Waals surface area contributed by atoms with Crippen LogP contribution in [0.4, 0.5) is 0 Å². The van der Waals surface area contributed by atoms with Gasteiger partial charge in [0.25, 0.3) is 0 Å². The van der Waals surface area contributed by atoms with Crippen LogP contribution in [0.5, 0.6) is 0 Å². The zero-order chi connectivity index (χ0) is 36.8. The number of aryl methyl sites for hydroxylation is 2. The van der Waals surface area contributed by atoms with Gasteiger partial charge in [-0.25, -0.2) is 8.42 Å². The highest BCUT2D eigenvalue weighted by atomic mass is 32.2. The van der Waals surface area contributed by atoms with Gasteiger partial charge < -0.3 is 0 Å². The van der Waals surface area contributed by atoms with Crippen molar-refractivity contribution in [3.05, 3.63) is 225 Å². The molecule has 0 aromatic heterocycles. The van der Waals surface area contributed by atoms with Crippen LogP contribution in [0.3, 0.4) is 0 Å². The van der Waals surface area contributed by atoms with Gasteiger partial charge in [-0.05, 0) is 127 Å². The molecular weight excluding hydrogens is 689 g/mol. The maximum Gasteiger partial charge on any atom is 0.206 e. The highest BCUT2D eigenvalue weighted by Gasteiger charge is 2.53. The fourth-order valence-corrected chi connectivity index (χ4v) is 12.2. The van der Waals surface area contributed by atoms with E-state index in [1.165, 1.54) is 66.8 Å². The first-order valence-electron chi connectivity index (χ1n) is 19.0. The summed E-state index contributed by atoms with van der Waals surface area (Å²) in [6.07, 6.45) is 0. The molecule has 0 fully saturated rings. The Hall–Kier alpha value is -6.29. The van der Waals surface area contributed by atoms with E-state index in [0.29, 0.717) is 9.79 Å². The van der Waals surface area contributed by atoms with Crippen molar-refractivity contribution in [2.75, 3.05) is 0 Å². The minimum Gasteiger partial charge on any atom is -0.219 e. The predicted octanol–water partition coefficient (Wildman–Crippen LogP) is 11.8. The number of sulfone groups is 1. The maximum absolute atomic E-state index is 15.3. The molecule has 260 valence electrons. The highest BCUT2D eigenvalue weighted by molar-refractivity contribution is 7.91. The smallest absolute Gasteiger partial charge is 0.206 e. The molecule has 2 atom stereocenters. The summed E-state index contributed by atoms with van der Waals surface area (Å²) in [4.78, 5) is 0.620. The second-order valence-corrected chi connectivity index (χ2v) is 17.6. The average Bonchev–Trinajstić information content (AvgIpc) is 3.89. The summed E-state index contributed by atoms with van der Waals surface area (Å²) in [6.45, 7) is 4.28. The third-order valence-electron chi connectivity index (χ3n) is 13.1. The van der Waals surface area contributed by atoms with Crippen LogP contribution in [0.2, 0.25) is 0 Å². The van der Waals surface area contributed by atoms with Crippen molar-refractivity contribution < 1.29 is 8.42 Å². The van der Waals surface area contributed by atoms with E-state index >= 15 is 8.42 Å². The molecule has 0 saturated heterocycles. The molecule has 2 nitrogen and oxygen atoms in total. The maximum atomic E-state index is 15.3. The van der Waals surface area contributed by atoms with Gasteiger partial charge in [0.1, 0.15) is 0 Å². The summed E-state index contributed by atoms with van der Waals surface area (Å²) in [5.41, 5.74) is 19.6. The van der Waals surface area contributed by atoms with Crippen LogP contribution in [-0.2, 0) is 20.7 Å². The standard InChI is InChI=1S/C52H34O2S/c1-31-19-23-39-35-11-3-7-15-43(35)51(47(39)27-31)45-17-9-5-13-37(45)41-25-21-33(29-49(41)51)55(53,54)34-22-26-42-38-14-6-10-18-46(38)52(50(42)30-34)44-16-8-4-12-36(44)40-24-20-32(2)28-48(40)52/h3-30H,1-2H3. The number of hydrogen-bond donors (Lipinski definition) is 0. The molecule has 0 heterocycles. The molecule has 0 aliphatic heterocycles. The first-order chi connectivity index (χ1) is 26.8. The molecule has 2 spiro atoms. The fourth-order valence-electron chi connectivity index (χ4n) is 10.9. The van der Waals surface area contributed by atoms with Gasteiger partial charge in [-0.2, -0.15) is 0 Å². The van der Waals surface area contributed by atoms with Crippen molar-refractivity contribution in [1.82, 2.24) is 0 Å². The fraction of sp³-hybridized carbons (Fsp3) is 0.0769. The number of hydrogen-bond acceptors (Lipinski definition) is 2. The van der Waals surface area contributed by atoms with Gasteiger partial charge in [-0.1, -0.05) is 157 Å². The van der Waals surface area contributed by atoms with E-state index in [4.69, 9.17) is 0 Å². The molecule has 55 heavy (non-hydrogen) atoms. The van der Waals surface area contributed by atoms with Gasteiger partial charge in [-0.15, -0.1) is 0 Å². The lowest BCUT2D eigenvalue weighted by Gasteiger charge is -2.31. The Bertz CT molecular complexity index is 2920. The first kappa shape index (κ1) is 31.1. The Balaban J connectivity index is 1.10. The van der Waals surface area contributed by atoms with Crippen LogP contribution < -0.4 is 0 Å². The molecule has 4 aliphatic rings. The van der Waals surface area contributed by atoms with E-state index in [-0.39, 0.29) is 0 Å². The molecule has 3 heteroatoms. The molecule has 0 saturated carbocycles. The molecule has 2 unspecified atom stereocenters. The van der Waals surface area contributed by atoms with E-state index in [2.05, 4.69) is 147 Å². The van der Waals surface area contributed by atoms with Crippen molar-refractivity contribution in [3.8, 4) is 44.5 Å². The van der Waals surface area contributed by atoms with Crippen molar-refractivity contribution in [3.63, 3.8) is 0 Å². The van der Waals surface area contributed by atoms with Gasteiger partial charge in [0.05, 0.1) is 20.6 Å². The Kier molecular flexibility index (Phi) is 5.92. The summed E-state index contributed by atoms with van der Waals surface area (Å²) in [6, 6.07) is 59.7. The van der Waals surface area contributed by atoms with Gasteiger partial charge in [0, 0.05) is 0 Å². The molecule has 0 amide bonds. The molecule has 8 aromatic rings. The number of fused-ring (bicyclic) bond motifs is 20. The van der Waals surface area contributed by atoms with E-state index in [0.717, 1.165) is 33.4 Å². The molecular formula is C52H34O2S. The summed E-state index contributed by atoms with van der Waals surface area (Å²) in [5, 5.41) is 0. The van der Waals surface area contributed by atoms with Crippen molar-refractivity contribution in [2.45, 2.75) is 34.5 Å². The molecule has 0 radical (unpaired) electrons. The van der Waals surface area contributed by atoms with Crippen LogP contribution in [0, 0.1) is 13.8 Å². The zero-order valence-electron chi connectivity index (χ0n) is 30.4. The monoisotopic (exact) mass is 722 g/mol. The van der Waals surface area contributed by atoms with Crippen molar-refractivity contribution in [2.24, 2.45) is 0 Å². The summed E-state index contributed by atoms with van der Waals surface area (Å²) in [5.74, 6) is 0. The summed E-state index contributed by atoms with van der Waals surface area (Å²) >= 11 is 0.